The summed E-state index contributed by atoms with van der Waals surface area (Å²) in [4.78, 5) is 0. The molecule has 1 aliphatic rings. The molecule has 0 amide bonds. The van der Waals surface area contributed by atoms with Crippen molar-refractivity contribution >= 4 is 0 Å². The van der Waals surface area contributed by atoms with Gasteiger partial charge in [0.25, 0.3) is 0 Å². The Hall–Kier alpha value is -0.0400. The third kappa shape index (κ3) is 6.29. The monoisotopic (exact) mass is 267 g/mol. The topological polar surface area (TPSA) is 26.0 Å². The van der Waals surface area contributed by atoms with Crippen molar-refractivity contribution in [1.82, 2.24) is 0 Å². The minimum atomic E-state index is 0.0933. The van der Waals surface area contributed by atoms with Gasteiger partial charge in [-0.3, -0.25) is 0 Å². The van der Waals surface area contributed by atoms with E-state index in [0.29, 0.717) is 10.8 Å². The molecule has 1 aliphatic carbocycles. The van der Waals surface area contributed by atoms with Crippen LogP contribution in [-0.4, -0.2) is 5.54 Å². The second kappa shape index (κ2) is 6.61. The fourth-order valence-corrected chi connectivity index (χ4v) is 4.82. The van der Waals surface area contributed by atoms with E-state index in [-0.39, 0.29) is 5.54 Å². The first-order valence-electron chi connectivity index (χ1n) is 8.47. The van der Waals surface area contributed by atoms with Gasteiger partial charge in [-0.05, 0) is 36.5 Å². The Balaban J connectivity index is 2.38. The van der Waals surface area contributed by atoms with Gasteiger partial charge in [0.05, 0.1) is 0 Å². The molecule has 0 heterocycles. The van der Waals surface area contributed by atoms with Crippen molar-refractivity contribution in [2.24, 2.45) is 16.6 Å². The quantitative estimate of drug-likeness (QED) is 0.591. The number of hydrogen-bond acceptors (Lipinski definition) is 1. The second-order valence-corrected chi connectivity index (χ2v) is 8.74. The van der Waals surface area contributed by atoms with Crippen molar-refractivity contribution in [3.8, 4) is 0 Å². The van der Waals surface area contributed by atoms with E-state index >= 15 is 0 Å². The molecule has 0 spiro atoms. The minimum Gasteiger partial charge on any atom is -0.325 e. The number of rotatable bonds is 7. The maximum atomic E-state index is 6.75. The van der Waals surface area contributed by atoms with Crippen LogP contribution >= 0.6 is 0 Å². The molecule has 0 unspecified atom stereocenters. The molecule has 0 bridgehead atoms. The summed E-state index contributed by atoms with van der Waals surface area (Å²) < 4.78 is 0. The van der Waals surface area contributed by atoms with Crippen LogP contribution in [0.15, 0.2) is 0 Å². The van der Waals surface area contributed by atoms with Crippen molar-refractivity contribution < 1.29 is 0 Å². The molecule has 0 aromatic heterocycles. The molecule has 1 fully saturated rings. The smallest absolute Gasteiger partial charge is 0.0164 e. The molecule has 0 saturated heterocycles. The van der Waals surface area contributed by atoms with Crippen LogP contribution in [0, 0.1) is 10.8 Å². The largest absolute Gasteiger partial charge is 0.325 e. The molecule has 0 aromatic rings. The second-order valence-electron chi connectivity index (χ2n) is 8.74. The maximum absolute atomic E-state index is 6.75. The molecule has 1 saturated carbocycles. The Morgan fingerprint density at radius 3 is 1.74 bits per heavy atom. The van der Waals surface area contributed by atoms with Gasteiger partial charge in [0.15, 0.2) is 0 Å². The first kappa shape index (κ1) is 17.0. The minimum absolute atomic E-state index is 0.0933. The molecule has 2 N–H and O–H groups in total. The van der Waals surface area contributed by atoms with Gasteiger partial charge in [-0.25, -0.2) is 0 Å². The van der Waals surface area contributed by atoms with Crippen LogP contribution < -0.4 is 5.73 Å². The van der Waals surface area contributed by atoms with Crippen LogP contribution in [0.1, 0.15) is 98.8 Å². The summed E-state index contributed by atoms with van der Waals surface area (Å²) in [5.41, 5.74) is 7.68. The fourth-order valence-electron chi connectivity index (χ4n) is 4.82. The van der Waals surface area contributed by atoms with Crippen LogP contribution in [0.3, 0.4) is 0 Å². The SMILES string of the molecule is CCCCCCCCC1(N)CC(C)(C)CC(C)(C)C1. The summed E-state index contributed by atoms with van der Waals surface area (Å²) in [7, 11) is 0. The number of hydrogen-bond donors (Lipinski definition) is 1. The lowest BCUT2D eigenvalue weighted by Gasteiger charge is -2.50. The van der Waals surface area contributed by atoms with Gasteiger partial charge < -0.3 is 5.73 Å². The lowest BCUT2D eigenvalue weighted by Crippen LogP contribution is -2.52. The van der Waals surface area contributed by atoms with E-state index in [2.05, 4.69) is 34.6 Å². The van der Waals surface area contributed by atoms with Gasteiger partial charge in [-0.2, -0.15) is 0 Å². The Morgan fingerprint density at radius 2 is 1.21 bits per heavy atom. The maximum Gasteiger partial charge on any atom is 0.0164 e. The van der Waals surface area contributed by atoms with Gasteiger partial charge in [-0.15, -0.1) is 0 Å². The molecular weight excluding hydrogens is 230 g/mol. The highest BCUT2D eigenvalue weighted by atomic mass is 14.8. The van der Waals surface area contributed by atoms with E-state index in [1.165, 1.54) is 64.2 Å². The number of nitrogens with two attached hydrogens (primary N) is 1. The van der Waals surface area contributed by atoms with Crippen molar-refractivity contribution in [2.45, 2.75) is 104 Å². The van der Waals surface area contributed by atoms with Crippen LogP contribution in [0.5, 0.6) is 0 Å². The molecule has 0 radical (unpaired) electrons. The zero-order valence-electron chi connectivity index (χ0n) is 14.1. The summed E-state index contributed by atoms with van der Waals surface area (Å²) >= 11 is 0. The Morgan fingerprint density at radius 1 is 0.737 bits per heavy atom. The molecule has 1 rings (SSSR count). The molecule has 114 valence electrons. The predicted molar refractivity (Wildman–Crippen MR) is 86.3 cm³/mol. The van der Waals surface area contributed by atoms with Gasteiger partial charge >= 0.3 is 0 Å². The van der Waals surface area contributed by atoms with Gasteiger partial charge in [-0.1, -0.05) is 73.1 Å². The van der Waals surface area contributed by atoms with Crippen LogP contribution in [0.2, 0.25) is 0 Å². The third-order valence-corrected chi connectivity index (χ3v) is 4.65. The highest BCUT2D eigenvalue weighted by Gasteiger charge is 2.44. The summed E-state index contributed by atoms with van der Waals surface area (Å²) in [5, 5.41) is 0. The van der Waals surface area contributed by atoms with Gasteiger partial charge in [0, 0.05) is 5.54 Å². The van der Waals surface area contributed by atoms with Crippen molar-refractivity contribution in [2.75, 3.05) is 0 Å². The van der Waals surface area contributed by atoms with E-state index in [9.17, 15) is 0 Å². The highest BCUT2D eigenvalue weighted by Crippen LogP contribution is 2.50. The van der Waals surface area contributed by atoms with Crippen molar-refractivity contribution in [3.05, 3.63) is 0 Å². The normalized spacial score (nSPS) is 24.3. The van der Waals surface area contributed by atoms with Gasteiger partial charge in [0.1, 0.15) is 0 Å². The Bertz CT molecular complexity index is 249. The zero-order chi connectivity index (χ0) is 14.6. The van der Waals surface area contributed by atoms with Crippen molar-refractivity contribution in [3.63, 3.8) is 0 Å². The molecule has 0 atom stereocenters. The zero-order valence-corrected chi connectivity index (χ0v) is 14.1. The molecule has 1 heteroatoms. The Kier molecular flexibility index (Phi) is 5.92. The van der Waals surface area contributed by atoms with E-state index in [1.807, 2.05) is 0 Å². The standard InChI is InChI=1S/C18H37N/c1-6-7-8-9-10-11-12-18(19)14-16(2,3)13-17(4,5)15-18/h6-15,19H2,1-5H3. The highest BCUT2D eigenvalue weighted by molar-refractivity contribution is 5.00. The molecular formula is C18H37N. The average Bonchev–Trinajstić information content (AvgIpc) is 2.17. The molecule has 0 aliphatic heterocycles. The first-order chi connectivity index (χ1) is 8.68. The summed E-state index contributed by atoms with van der Waals surface area (Å²) in [6.45, 7) is 11.9. The van der Waals surface area contributed by atoms with Crippen LogP contribution in [0.4, 0.5) is 0 Å². The van der Waals surface area contributed by atoms with Crippen molar-refractivity contribution in [1.29, 1.82) is 0 Å². The first-order valence-corrected chi connectivity index (χ1v) is 8.47. The predicted octanol–water partition coefficient (Wildman–Crippen LogP) is 5.67. The third-order valence-electron chi connectivity index (χ3n) is 4.65. The molecule has 1 nitrogen and oxygen atoms in total. The molecule has 19 heavy (non-hydrogen) atoms. The lowest BCUT2D eigenvalue weighted by atomic mass is 9.58. The Labute approximate surface area is 121 Å². The summed E-state index contributed by atoms with van der Waals surface area (Å²) in [5.74, 6) is 0. The fraction of sp³-hybridized carbons (Fsp3) is 1.00. The lowest BCUT2D eigenvalue weighted by molar-refractivity contribution is 0.0431. The number of unbranched alkanes of at least 4 members (excludes halogenated alkanes) is 5. The van der Waals surface area contributed by atoms with E-state index in [1.54, 1.807) is 0 Å². The van der Waals surface area contributed by atoms with E-state index in [4.69, 9.17) is 5.73 Å². The average molecular weight is 268 g/mol. The summed E-state index contributed by atoms with van der Waals surface area (Å²) in [6, 6.07) is 0. The molecule has 0 aromatic carbocycles. The van der Waals surface area contributed by atoms with Gasteiger partial charge in [0.2, 0.25) is 0 Å². The van der Waals surface area contributed by atoms with E-state index < -0.39 is 0 Å². The van der Waals surface area contributed by atoms with Crippen LogP contribution in [0.25, 0.3) is 0 Å². The van der Waals surface area contributed by atoms with E-state index in [0.717, 1.165) is 0 Å². The summed E-state index contributed by atoms with van der Waals surface area (Å²) in [6.07, 6.45) is 13.2. The van der Waals surface area contributed by atoms with Crippen LogP contribution in [-0.2, 0) is 0 Å².